The van der Waals surface area contributed by atoms with Crippen molar-refractivity contribution in [2.75, 3.05) is 6.54 Å². The van der Waals surface area contributed by atoms with Crippen LogP contribution in [0.5, 0.6) is 0 Å². The number of hydrogen-bond donors (Lipinski definition) is 1. The number of para-hydroxylation sites is 2. The van der Waals surface area contributed by atoms with E-state index in [0.29, 0.717) is 17.7 Å². The van der Waals surface area contributed by atoms with Gasteiger partial charge < -0.3 is 9.88 Å². The molecule has 0 bridgehead atoms. The van der Waals surface area contributed by atoms with Crippen molar-refractivity contribution in [3.63, 3.8) is 0 Å². The minimum absolute atomic E-state index is 0.0534. The van der Waals surface area contributed by atoms with Crippen LogP contribution in [0.4, 0.5) is 0 Å². The van der Waals surface area contributed by atoms with Crippen LogP contribution in [0, 0.1) is 0 Å². The van der Waals surface area contributed by atoms with Gasteiger partial charge in [0, 0.05) is 19.5 Å². The first-order chi connectivity index (χ1) is 13.6. The van der Waals surface area contributed by atoms with Crippen LogP contribution in [-0.4, -0.2) is 38.7 Å². The molecule has 0 saturated carbocycles. The maximum atomic E-state index is 12.3. The van der Waals surface area contributed by atoms with Crippen LogP contribution < -0.4 is 5.32 Å². The zero-order valence-electron chi connectivity index (χ0n) is 15.5. The second-order valence-electron chi connectivity index (χ2n) is 6.60. The summed E-state index contributed by atoms with van der Waals surface area (Å²) in [6.07, 6.45) is 0.0534. The Labute approximate surface area is 162 Å². The van der Waals surface area contributed by atoms with Gasteiger partial charge in [-0.15, -0.1) is 0 Å². The monoisotopic (exact) mass is 376 g/mol. The first kappa shape index (κ1) is 17.9. The summed E-state index contributed by atoms with van der Waals surface area (Å²) in [7, 11) is 0. The van der Waals surface area contributed by atoms with E-state index >= 15 is 0 Å². The molecule has 0 radical (unpaired) electrons. The van der Waals surface area contributed by atoms with Crippen LogP contribution in [-0.2, 0) is 17.9 Å². The number of fused-ring (bicyclic) bond motifs is 2. The maximum Gasteiger partial charge on any atom is 0.261 e. The Kier molecular flexibility index (Phi) is 4.65. The molecule has 0 unspecified atom stereocenters. The number of hydrogen-bond acceptors (Lipinski definition) is 4. The van der Waals surface area contributed by atoms with Gasteiger partial charge in [0.2, 0.25) is 5.91 Å². The molecule has 1 aromatic heterocycles. The number of aryl methyl sites for hydroxylation is 1. The molecule has 0 fully saturated rings. The van der Waals surface area contributed by atoms with Gasteiger partial charge in [-0.2, -0.15) is 0 Å². The average molecular weight is 376 g/mol. The van der Waals surface area contributed by atoms with Crippen molar-refractivity contribution >= 4 is 28.8 Å². The van der Waals surface area contributed by atoms with Gasteiger partial charge in [-0.25, -0.2) is 4.98 Å². The van der Waals surface area contributed by atoms with Crippen LogP contribution in [0.15, 0.2) is 48.5 Å². The third-order valence-electron chi connectivity index (χ3n) is 4.93. The average Bonchev–Trinajstić information content (AvgIpc) is 3.20. The number of aromatic nitrogens is 2. The van der Waals surface area contributed by atoms with Gasteiger partial charge in [-0.05, 0) is 31.2 Å². The molecule has 4 rings (SSSR count). The Hall–Kier alpha value is -3.48. The molecular weight excluding hydrogens is 356 g/mol. The van der Waals surface area contributed by atoms with Gasteiger partial charge in [0.1, 0.15) is 5.82 Å². The quantitative estimate of drug-likeness (QED) is 0.670. The smallest absolute Gasteiger partial charge is 0.261 e. The number of rotatable bonds is 6. The lowest BCUT2D eigenvalue weighted by atomic mass is 10.1. The Balaban J connectivity index is 1.37. The lowest BCUT2D eigenvalue weighted by Crippen LogP contribution is -2.34. The van der Waals surface area contributed by atoms with Crippen molar-refractivity contribution in [2.24, 2.45) is 0 Å². The molecule has 0 saturated heterocycles. The molecule has 0 spiro atoms. The fourth-order valence-corrected chi connectivity index (χ4v) is 3.53. The highest BCUT2D eigenvalue weighted by Crippen LogP contribution is 2.22. The summed E-state index contributed by atoms with van der Waals surface area (Å²) in [6.45, 7) is 3.13. The number of amides is 3. The van der Waals surface area contributed by atoms with E-state index in [9.17, 15) is 14.4 Å². The van der Waals surface area contributed by atoms with Gasteiger partial charge in [0.15, 0.2) is 0 Å². The largest absolute Gasteiger partial charge is 0.349 e. The summed E-state index contributed by atoms with van der Waals surface area (Å²) in [5, 5.41) is 2.84. The number of nitrogens with one attached hydrogen (secondary N) is 1. The summed E-state index contributed by atoms with van der Waals surface area (Å²) in [6, 6.07) is 14.5. The Morgan fingerprint density at radius 1 is 1.00 bits per heavy atom. The number of nitrogens with zero attached hydrogens (tertiary/aromatic N) is 3. The van der Waals surface area contributed by atoms with Crippen LogP contribution in [0.1, 0.15) is 39.9 Å². The number of benzene rings is 2. The fraction of sp³-hybridized carbons (Fsp3) is 0.238. The van der Waals surface area contributed by atoms with Gasteiger partial charge in [0.05, 0.1) is 28.7 Å². The third-order valence-corrected chi connectivity index (χ3v) is 4.93. The summed E-state index contributed by atoms with van der Waals surface area (Å²) >= 11 is 0. The molecule has 1 N–H and O–H groups in total. The van der Waals surface area contributed by atoms with E-state index in [1.807, 2.05) is 31.2 Å². The van der Waals surface area contributed by atoms with Crippen molar-refractivity contribution in [1.29, 1.82) is 0 Å². The Morgan fingerprint density at radius 3 is 2.32 bits per heavy atom. The van der Waals surface area contributed by atoms with Crippen LogP contribution in [0.25, 0.3) is 11.0 Å². The van der Waals surface area contributed by atoms with Crippen molar-refractivity contribution in [2.45, 2.75) is 26.4 Å². The van der Waals surface area contributed by atoms with Gasteiger partial charge in [-0.1, -0.05) is 24.3 Å². The lowest BCUT2D eigenvalue weighted by Gasteiger charge is -2.13. The topological polar surface area (TPSA) is 84.3 Å². The molecule has 2 aromatic carbocycles. The van der Waals surface area contributed by atoms with E-state index in [4.69, 9.17) is 0 Å². The fourth-order valence-electron chi connectivity index (χ4n) is 3.53. The second kappa shape index (κ2) is 7.26. The van der Waals surface area contributed by atoms with Gasteiger partial charge in [-0.3, -0.25) is 19.3 Å². The second-order valence-corrected chi connectivity index (χ2v) is 6.60. The summed E-state index contributed by atoms with van der Waals surface area (Å²) in [4.78, 5) is 42.7. The summed E-state index contributed by atoms with van der Waals surface area (Å²) in [5.41, 5.74) is 2.70. The molecule has 28 heavy (non-hydrogen) atoms. The van der Waals surface area contributed by atoms with Crippen LogP contribution in [0.3, 0.4) is 0 Å². The molecule has 2 heterocycles. The number of imidazole rings is 1. The van der Waals surface area contributed by atoms with E-state index in [1.54, 1.807) is 24.3 Å². The highest BCUT2D eigenvalue weighted by Gasteiger charge is 2.34. The first-order valence-corrected chi connectivity index (χ1v) is 9.26. The number of carbonyl (C=O) groups is 3. The Morgan fingerprint density at radius 2 is 1.64 bits per heavy atom. The van der Waals surface area contributed by atoms with E-state index in [2.05, 4.69) is 14.9 Å². The number of imide groups is 1. The molecule has 7 heteroatoms. The zero-order chi connectivity index (χ0) is 19.7. The van der Waals surface area contributed by atoms with Crippen LogP contribution >= 0.6 is 0 Å². The minimum Gasteiger partial charge on any atom is -0.349 e. The predicted octanol–water partition coefficient (Wildman–Crippen LogP) is 2.36. The molecule has 0 aliphatic carbocycles. The predicted molar refractivity (Wildman–Crippen MR) is 104 cm³/mol. The number of carbonyl (C=O) groups excluding carboxylic acids is 3. The van der Waals surface area contributed by atoms with Crippen molar-refractivity contribution < 1.29 is 14.4 Å². The zero-order valence-corrected chi connectivity index (χ0v) is 15.5. The van der Waals surface area contributed by atoms with Gasteiger partial charge in [0.25, 0.3) is 11.8 Å². The molecule has 1 aliphatic heterocycles. The lowest BCUT2D eigenvalue weighted by molar-refractivity contribution is -0.121. The van der Waals surface area contributed by atoms with E-state index in [-0.39, 0.29) is 30.7 Å². The normalized spacial score (nSPS) is 13.2. The van der Waals surface area contributed by atoms with Crippen molar-refractivity contribution in [1.82, 2.24) is 19.8 Å². The maximum absolute atomic E-state index is 12.3. The van der Waals surface area contributed by atoms with Gasteiger partial charge >= 0.3 is 0 Å². The van der Waals surface area contributed by atoms with Crippen molar-refractivity contribution in [3.8, 4) is 0 Å². The highest BCUT2D eigenvalue weighted by molar-refractivity contribution is 6.21. The van der Waals surface area contributed by atoms with Crippen molar-refractivity contribution in [3.05, 3.63) is 65.5 Å². The highest BCUT2D eigenvalue weighted by atomic mass is 16.2. The minimum atomic E-state index is -0.346. The summed E-state index contributed by atoms with van der Waals surface area (Å²) in [5.74, 6) is -0.147. The Bertz CT molecular complexity index is 1050. The molecule has 3 amide bonds. The molecule has 1 aliphatic rings. The SMILES string of the molecule is CCn1c(CNC(=O)CCN2C(=O)c3ccccc3C2=O)nc2ccccc21. The first-order valence-electron chi connectivity index (χ1n) is 9.26. The molecule has 7 nitrogen and oxygen atoms in total. The van der Waals surface area contributed by atoms with E-state index in [1.165, 1.54) is 0 Å². The van der Waals surface area contributed by atoms with E-state index < -0.39 is 0 Å². The third kappa shape index (κ3) is 3.05. The standard InChI is InChI=1S/C21H20N4O3/c1-2-24-17-10-6-5-9-16(17)23-18(24)13-22-19(26)11-12-25-20(27)14-7-3-4-8-15(14)21(25)28/h3-10H,2,11-13H2,1H3,(H,22,26). The van der Waals surface area contributed by atoms with Crippen LogP contribution in [0.2, 0.25) is 0 Å². The van der Waals surface area contributed by atoms with E-state index in [0.717, 1.165) is 28.3 Å². The molecule has 3 aromatic rings. The molecular formula is C21H20N4O3. The summed E-state index contributed by atoms with van der Waals surface area (Å²) < 4.78 is 2.06. The molecule has 0 atom stereocenters. The molecule has 142 valence electrons.